The summed E-state index contributed by atoms with van der Waals surface area (Å²) < 4.78 is 0. The molecule has 1 atom stereocenters. The molecule has 24 heavy (non-hydrogen) atoms. The maximum absolute atomic E-state index is 13.0. The minimum absolute atomic E-state index is 0.0560. The average molecular weight is 324 g/mol. The predicted octanol–water partition coefficient (Wildman–Crippen LogP) is 2.32. The van der Waals surface area contributed by atoms with Crippen molar-refractivity contribution in [1.29, 1.82) is 0 Å². The van der Waals surface area contributed by atoms with Gasteiger partial charge >= 0.3 is 0 Å². The topological polar surface area (TPSA) is 58.1 Å². The zero-order chi connectivity index (χ0) is 17.1. The third-order valence-electron chi connectivity index (χ3n) is 4.54. The van der Waals surface area contributed by atoms with Gasteiger partial charge in [-0.1, -0.05) is 30.3 Å². The van der Waals surface area contributed by atoms with Gasteiger partial charge in [0.15, 0.2) is 0 Å². The van der Waals surface area contributed by atoms with Gasteiger partial charge in [0.25, 0.3) is 0 Å². The van der Waals surface area contributed by atoms with E-state index >= 15 is 0 Å². The molecule has 1 aromatic heterocycles. The molecule has 0 aliphatic carbocycles. The van der Waals surface area contributed by atoms with Crippen LogP contribution in [0.3, 0.4) is 0 Å². The fourth-order valence-corrected chi connectivity index (χ4v) is 3.22. The van der Waals surface area contributed by atoms with E-state index in [1.807, 2.05) is 43.3 Å². The lowest BCUT2D eigenvalue weighted by molar-refractivity contribution is 0.0695. The van der Waals surface area contributed by atoms with Crippen molar-refractivity contribution in [2.45, 2.75) is 32.9 Å². The fourth-order valence-electron chi connectivity index (χ4n) is 3.22. The molecular formula is C19H24N4O. The van der Waals surface area contributed by atoms with Crippen LogP contribution in [0, 0.1) is 6.92 Å². The van der Waals surface area contributed by atoms with Gasteiger partial charge in [-0.3, -0.25) is 9.69 Å². The highest BCUT2D eigenvalue weighted by Crippen LogP contribution is 2.20. The molecule has 1 saturated heterocycles. The van der Waals surface area contributed by atoms with E-state index in [1.165, 1.54) is 0 Å². The predicted molar refractivity (Wildman–Crippen MR) is 95.0 cm³/mol. The van der Waals surface area contributed by atoms with Crippen LogP contribution in [0.4, 0.5) is 0 Å². The monoisotopic (exact) mass is 324 g/mol. The van der Waals surface area contributed by atoms with Crippen LogP contribution in [-0.4, -0.2) is 52.6 Å². The second kappa shape index (κ2) is 7.20. The molecule has 0 bridgehead atoms. The smallest absolute Gasteiger partial charge is 0.201 e. The first kappa shape index (κ1) is 16.7. The van der Waals surface area contributed by atoms with Crippen LogP contribution in [-0.2, 0) is 0 Å². The van der Waals surface area contributed by atoms with Crippen molar-refractivity contribution in [3.63, 3.8) is 0 Å². The standard InChI is InChI=1S/C19H24N4O/c1-13(2)23-10-9-20-12-17(23)19(24)18-14(3)11-16(21-22-18)15-7-5-4-6-8-15/h4-8,11,13,17,20H,9-10,12H2,1-3H3. The van der Waals surface area contributed by atoms with E-state index in [4.69, 9.17) is 0 Å². The van der Waals surface area contributed by atoms with E-state index < -0.39 is 0 Å². The Balaban J connectivity index is 1.87. The van der Waals surface area contributed by atoms with Crippen LogP contribution in [0.1, 0.15) is 29.9 Å². The molecule has 1 unspecified atom stereocenters. The molecule has 5 nitrogen and oxygen atoms in total. The lowest BCUT2D eigenvalue weighted by atomic mass is 10.0. The number of aromatic nitrogens is 2. The molecule has 1 aliphatic heterocycles. The lowest BCUT2D eigenvalue weighted by Gasteiger charge is -2.37. The summed E-state index contributed by atoms with van der Waals surface area (Å²) in [6.07, 6.45) is 0. The maximum atomic E-state index is 13.0. The number of benzene rings is 1. The average Bonchev–Trinajstić information content (AvgIpc) is 2.62. The molecule has 2 aromatic rings. The van der Waals surface area contributed by atoms with Gasteiger partial charge in [0, 0.05) is 31.2 Å². The number of Topliss-reactive ketones (excluding diaryl/α,β-unsaturated/α-hetero) is 1. The quantitative estimate of drug-likeness (QED) is 0.875. The van der Waals surface area contributed by atoms with Crippen LogP contribution in [0.5, 0.6) is 0 Å². The van der Waals surface area contributed by atoms with Gasteiger partial charge in [-0.25, -0.2) is 0 Å². The zero-order valence-corrected chi connectivity index (χ0v) is 14.5. The summed E-state index contributed by atoms with van der Waals surface area (Å²) in [5, 5.41) is 11.9. The Morgan fingerprint density at radius 1 is 1.25 bits per heavy atom. The first-order chi connectivity index (χ1) is 11.6. The van der Waals surface area contributed by atoms with Crippen LogP contribution >= 0.6 is 0 Å². The van der Waals surface area contributed by atoms with Crippen molar-refractivity contribution >= 4 is 5.78 Å². The third kappa shape index (κ3) is 3.37. The molecule has 0 saturated carbocycles. The third-order valence-corrected chi connectivity index (χ3v) is 4.54. The number of nitrogens with zero attached hydrogens (tertiary/aromatic N) is 3. The van der Waals surface area contributed by atoms with Crippen molar-refractivity contribution in [3.8, 4) is 11.3 Å². The number of hydrogen-bond donors (Lipinski definition) is 1. The number of hydrogen-bond acceptors (Lipinski definition) is 5. The first-order valence-electron chi connectivity index (χ1n) is 8.48. The van der Waals surface area contributed by atoms with E-state index in [0.29, 0.717) is 18.3 Å². The summed E-state index contributed by atoms with van der Waals surface area (Å²) in [5.74, 6) is 0.0560. The number of piperazine rings is 1. The van der Waals surface area contributed by atoms with E-state index in [2.05, 4.69) is 34.3 Å². The minimum Gasteiger partial charge on any atom is -0.313 e. The van der Waals surface area contributed by atoms with Crippen LogP contribution < -0.4 is 5.32 Å². The number of carbonyl (C=O) groups excluding carboxylic acids is 1. The summed E-state index contributed by atoms with van der Waals surface area (Å²) in [4.78, 5) is 15.2. The van der Waals surface area contributed by atoms with Crippen molar-refractivity contribution < 1.29 is 4.79 Å². The lowest BCUT2D eigenvalue weighted by Crippen LogP contribution is -2.57. The van der Waals surface area contributed by atoms with E-state index in [1.54, 1.807) is 0 Å². The van der Waals surface area contributed by atoms with Gasteiger partial charge in [-0.15, -0.1) is 10.2 Å². The Morgan fingerprint density at radius 2 is 2.00 bits per heavy atom. The largest absolute Gasteiger partial charge is 0.313 e. The maximum Gasteiger partial charge on any atom is 0.201 e. The summed E-state index contributed by atoms with van der Waals surface area (Å²) >= 11 is 0. The highest BCUT2D eigenvalue weighted by molar-refractivity contribution is 6.00. The Kier molecular flexibility index (Phi) is 5.02. The SMILES string of the molecule is Cc1cc(-c2ccccc2)nnc1C(=O)C1CNCCN1C(C)C. The summed E-state index contributed by atoms with van der Waals surface area (Å²) in [6.45, 7) is 8.65. The summed E-state index contributed by atoms with van der Waals surface area (Å²) in [6, 6.07) is 12.0. The summed E-state index contributed by atoms with van der Waals surface area (Å²) in [7, 11) is 0. The molecular weight excluding hydrogens is 300 g/mol. The Morgan fingerprint density at radius 3 is 2.67 bits per heavy atom. The number of aryl methyl sites for hydroxylation is 1. The molecule has 0 radical (unpaired) electrons. The van der Waals surface area contributed by atoms with Crippen LogP contribution in [0.2, 0.25) is 0 Å². The molecule has 2 heterocycles. The fraction of sp³-hybridized carbons (Fsp3) is 0.421. The molecule has 0 spiro atoms. The number of ketones is 1. The van der Waals surface area contributed by atoms with E-state index in [0.717, 1.165) is 29.9 Å². The Labute approximate surface area is 143 Å². The van der Waals surface area contributed by atoms with Gasteiger partial charge in [-0.2, -0.15) is 0 Å². The Bertz CT molecular complexity index is 715. The van der Waals surface area contributed by atoms with Gasteiger partial charge in [-0.05, 0) is 32.4 Å². The zero-order valence-electron chi connectivity index (χ0n) is 14.5. The molecule has 5 heteroatoms. The highest BCUT2D eigenvalue weighted by atomic mass is 16.1. The number of carbonyl (C=O) groups is 1. The molecule has 1 aromatic carbocycles. The second-order valence-electron chi connectivity index (χ2n) is 6.54. The molecule has 1 fully saturated rings. The van der Waals surface area contributed by atoms with Gasteiger partial charge < -0.3 is 5.32 Å². The molecule has 1 N–H and O–H groups in total. The molecule has 3 rings (SSSR count). The highest BCUT2D eigenvalue weighted by Gasteiger charge is 2.32. The number of rotatable bonds is 4. The Hall–Kier alpha value is -2.11. The number of nitrogens with one attached hydrogen (secondary N) is 1. The van der Waals surface area contributed by atoms with E-state index in [9.17, 15) is 4.79 Å². The van der Waals surface area contributed by atoms with Crippen molar-refractivity contribution in [2.75, 3.05) is 19.6 Å². The van der Waals surface area contributed by atoms with E-state index in [-0.39, 0.29) is 11.8 Å². The van der Waals surface area contributed by atoms with Crippen molar-refractivity contribution in [3.05, 3.63) is 47.7 Å². The molecule has 1 aliphatic rings. The van der Waals surface area contributed by atoms with Crippen molar-refractivity contribution in [1.82, 2.24) is 20.4 Å². The molecule has 126 valence electrons. The van der Waals surface area contributed by atoms with Gasteiger partial charge in [0.1, 0.15) is 5.69 Å². The second-order valence-corrected chi connectivity index (χ2v) is 6.54. The van der Waals surface area contributed by atoms with Gasteiger partial charge in [0.05, 0.1) is 11.7 Å². The minimum atomic E-state index is -0.172. The van der Waals surface area contributed by atoms with Crippen molar-refractivity contribution in [2.24, 2.45) is 0 Å². The molecule has 0 amide bonds. The van der Waals surface area contributed by atoms with Crippen LogP contribution in [0.25, 0.3) is 11.3 Å². The first-order valence-corrected chi connectivity index (χ1v) is 8.48. The summed E-state index contributed by atoms with van der Waals surface area (Å²) in [5.41, 5.74) is 3.17. The normalized spacial score (nSPS) is 18.8. The van der Waals surface area contributed by atoms with Gasteiger partial charge in [0.2, 0.25) is 5.78 Å². The van der Waals surface area contributed by atoms with Crippen LogP contribution in [0.15, 0.2) is 36.4 Å².